The zero-order valence-corrected chi connectivity index (χ0v) is 23.0. The van der Waals surface area contributed by atoms with E-state index in [2.05, 4.69) is 27.6 Å². The number of methoxy groups -OCH3 is 2. The van der Waals surface area contributed by atoms with E-state index in [9.17, 15) is 19.2 Å². The van der Waals surface area contributed by atoms with Gasteiger partial charge in [0, 0.05) is 49.0 Å². The van der Waals surface area contributed by atoms with E-state index in [-0.39, 0.29) is 12.3 Å². The Balaban J connectivity index is 1.50. The minimum absolute atomic E-state index is 0.0730. The normalized spacial score (nSPS) is 15.3. The van der Waals surface area contributed by atoms with Crippen molar-refractivity contribution in [1.29, 1.82) is 0 Å². The highest BCUT2D eigenvalue weighted by Crippen LogP contribution is 2.21. The second kappa shape index (κ2) is 14.2. The number of amides is 2. The van der Waals surface area contributed by atoms with E-state index in [1.54, 1.807) is 24.3 Å². The van der Waals surface area contributed by atoms with Gasteiger partial charge in [-0.1, -0.05) is 23.7 Å². The predicted molar refractivity (Wildman–Crippen MR) is 147 cm³/mol. The fourth-order valence-electron chi connectivity index (χ4n) is 4.13. The Morgan fingerprint density at radius 2 is 1.58 bits per heavy atom. The van der Waals surface area contributed by atoms with Gasteiger partial charge in [-0.2, -0.15) is 12.6 Å². The van der Waals surface area contributed by atoms with E-state index in [0.717, 1.165) is 31.1 Å². The number of nitrogens with zero attached hydrogens (tertiary/aromatic N) is 2. The molecule has 2 atom stereocenters. The molecule has 11 heteroatoms. The number of carbonyl (C=O) groups excluding carboxylic acids is 4. The lowest BCUT2D eigenvalue weighted by Gasteiger charge is -2.34. The van der Waals surface area contributed by atoms with Gasteiger partial charge in [0.05, 0.1) is 31.8 Å². The highest BCUT2D eigenvalue weighted by molar-refractivity contribution is 7.81. The molecule has 0 aliphatic carbocycles. The summed E-state index contributed by atoms with van der Waals surface area (Å²) in [6.07, 6.45) is 0.584. The van der Waals surface area contributed by atoms with Crippen LogP contribution < -0.4 is 5.32 Å². The Bertz CT molecular complexity index is 1120. The van der Waals surface area contributed by atoms with E-state index in [1.165, 1.54) is 19.8 Å². The molecule has 1 aliphatic rings. The molecule has 0 bridgehead atoms. The van der Waals surface area contributed by atoms with Crippen LogP contribution in [0.3, 0.4) is 0 Å². The van der Waals surface area contributed by atoms with Crippen molar-refractivity contribution >= 4 is 53.7 Å². The highest BCUT2D eigenvalue weighted by atomic mass is 35.5. The van der Waals surface area contributed by atoms with Crippen molar-refractivity contribution < 1.29 is 28.7 Å². The first kappa shape index (κ1) is 29.5. The number of nitrogens with one attached hydrogen (secondary N) is 1. The van der Waals surface area contributed by atoms with Gasteiger partial charge in [0.15, 0.2) is 0 Å². The monoisotopic (exact) mass is 561 g/mol. The van der Waals surface area contributed by atoms with E-state index >= 15 is 0 Å². The molecule has 204 valence electrons. The summed E-state index contributed by atoms with van der Waals surface area (Å²) in [5.74, 6) is -3.16. The molecule has 1 N–H and O–H groups in total. The maximum absolute atomic E-state index is 13.0. The number of rotatable bonds is 10. The molecule has 1 saturated heterocycles. The third kappa shape index (κ3) is 8.21. The van der Waals surface area contributed by atoms with Crippen LogP contribution in [0.25, 0.3) is 0 Å². The second-order valence-corrected chi connectivity index (χ2v) is 9.92. The summed E-state index contributed by atoms with van der Waals surface area (Å²) in [7, 11) is 2.36. The average Bonchev–Trinajstić information content (AvgIpc) is 2.95. The van der Waals surface area contributed by atoms with E-state index < -0.39 is 29.0 Å². The van der Waals surface area contributed by atoms with Gasteiger partial charge in [-0.3, -0.25) is 24.1 Å². The third-order valence-electron chi connectivity index (χ3n) is 6.46. The molecular weight excluding hydrogens is 530 g/mol. The van der Waals surface area contributed by atoms with Crippen LogP contribution in [0.1, 0.15) is 22.3 Å². The standard InChI is InChI=1S/C27H32ClN3O6S/c1-36-23(32)17-22(27(35)37-2)24(38)25(33)29-21-9-5-19(6-10-21)26(34)31-15-13-30(14-16-31)12-11-18-3-7-20(28)8-4-18/h3-10,22,24,38H,11-17H2,1-2H3,(H,29,33). The van der Waals surface area contributed by atoms with Crippen LogP contribution in [0, 0.1) is 5.92 Å². The van der Waals surface area contributed by atoms with Gasteiger partial charge in [0.25, 0.3) is 5.91 Å². The van der Waals surface area contributed by atoms with E-state index in [0.29, 0.717) is 24.3 Å². The summed E-state index contributed by atoms with van der Waals surface area (Å²) in [5.41, 5.74) is 2.17. The largest absolute Gasteiger partial charge is 0.469 e. The fourth-order valence-corrected chi connectivity index (χ4v) is 4.55. The second-order valence-electron chi connectivity index (χ2n) is 8.93. The number of ether oxygens (including phenoxy) is 2. The van der Waals surface area contributed by atoms with Crippen molar-refractivity contribution in [2.45, 2.75) is 18.1 Å². The van der Waals surface area contributed by atoms with Crippen LogP contribution in [0.5, 0.6) is 0 Å². The van der Waals surface area contributed by atoms with Gasteiger partial charge in [-0.25, -0.2) is 0 Å². The number of piperazine rings is 1. The molecule has 0 aromatic heterocycles. The quantitative estimate of drug-likeness (QED) is 0.339. The van der Waals surface area contributed by atoms with E-state index in [4.69, 9.17) is 16.3 Å². The number of esters is 2. The van der Waals surface area contributed by atoms with Gasteiger partial charge in [-0.05, 0) is 48.4 Å². The van der Waals surface area contributed by atoms with Crippen molar-refractivity contribution in [1.82, 2.24) is 9.80 Å². The van der Waals surface area contributed by atoms with Gasteiger partial charge >= 0.3 is 11.9 Å². The zero-order chi connectivity index (χ0) is 27.7. The summed E-state index contributed by atoms with van der Waals surface area (Å²) in [6.45, 7) is 3.77. The number of benzene rings is 2. The first-order chi connectivity index (χ1) is 18.2. The Morgan fingerprint density at radius 1 is 0.947 bits per heavy atom. The lowest BCUT2D eigenvalue weighted by atomic mass is 10.00. The highest BCUT2D eigenvalue weighted by Gasteiger charge is 2.34. The number of thiol groups is 1. The van der Waals surface area contributed by atoms with Gasteiger partial charge < -0.3 is 19.7 Å². The van der Waals surface area contributed by atoms with Crippen LogP contribution >= 0.6 is 24.2 Å². The van der Waals surface area contributed by atoms with Crippen molar-refractivity contribution in [3.8, 4) is 0 Å². The molecule has 1 heterocycles. The smallest absolute Gasteiger partial charge is 0.310 e. The molecule has 3 rings (SSSR count). The molecule has 9 nitrogen and oxygen atoms in total. The molecule has 1 fully saturated rings. The Hall–Kier alpha value is -3.08. The SMILES string of the molecule is COC(=O)CC(C(=O)OC)C(S)C(=O)Nc1ccc(C(=O)N2CCN(CCc3ccc(Cl)cc3)CC2)cc1. The Morgan fingerprint density at radius 3 is 2.16 bits per heavy atom. The Kier molecular flexibility index (Phi) is 11.0. The maximum Gasteiger partial charge on any atom is 0.310 e. The summed E-state index contributed by atoms with van der Waals surface area (Å²) in [5, 5.41) is 2.25. The average molecular weight is 562 g/mol. The molecule has 0 radical (unpaired) electrons. The molecular formula is C27H32ClN3O6S. The molecule has 1 aliphatic heterocycles. The molecule has 2 aromatic rings. The van der Waals surface area contributed by atoms with Crippen molar-refractivity contribution in [3.05, 3.63) is 64.7 Å². The number of halogens is 1. The minimum atomic E-state index is -1.14. The topological polar surface area (TPSA) is 105 Å². The molecule has 2 amide bonds. The summed E-state index contributed by atoms with van der Waals surface area (Å²) in [6, 6.07) is 14.4. The van der Waals surface area contributed by atoms with Crippen LogP contribution in [-0.4, -0.2) is 85.7 Å². The van der Waals surface area contributed by atoms with Crippen LogP contribution in [0.2, 0.25) is 5.02 Å². The van der Waals surface area contributed by atoms with Crippen LogP contribution in [-0.2, 0) is 30.3 Å². The number of hydrogen-bond acceptors (Lipinski definition) is 8. The lowest BCUT2D eigenvalue weighted by molar-refractivity contribution is -0.152. The van der Waals surface area contributed by atoms with Crippen molar-refractivity contribution in [2.75, 3.05) is 52.3 Å². The molecule has 0 spiro atoms. The summed E-state index contributed by atoms with van der Waals surface area (Å²) in [4.78, 5) is 53.5. The fraction of sp³-hybridized carbons (Fsp3) is 0.407. The predicted octanol–water partition coefficient (Wildman–Crippen LogP) is 2.93. The maximum atomic E-state index is 13.0. The zero-order valence-electron chi connectivity index (χ0n) is 21.4. The van der Waals surface area contributed by atoms with Gasteiger partial charge in [0.1, 0.15) is 0 Å². The molecule has 2 unspecified atom stereocenters. The molecule has 38 heavy (non-hydrogen) atoms. The van der Waals surface area contributed by atoms with Crippen LogP contribution in [0.4, 0.5) is 5.69 Å². The molecule has 2 aromatic carbocycles. The summed E-state index contributed by atoms with van der Waals surface area (Å²) < 4.78 is 9.29. The number of anilines is 1. The van der Waals surface area contributed by atoms with Gasteiger partial charge in [0.2, 0.25) is 5.91 Å². The number of carbonyl (C=O) groups is 4. The minimum Gasteiger partial charge on any atom is -0.469 e. The first-order valence-corrected chi connectivity index (χ1v) is 13.1. The Labute approximate surface area is 232 Å². The van der Waals surface area contributed by atoms with E-state index in [1.807, 2.05) is 29.2 Å². The first-order valence-electron chi connectivity index (χ1n) is 12.2. The van der Waals surface area contributed by atoms with Gasteiger partial charge in [-0.15, -0.1) is 0 Å². The lowest BCUT2D eigenvalue weighted by Crippen LogP contribution is -2.49. The van der Waals surface area contributed by atoms with Crippen molar-refractivity contribution in [2.24, 2.45) is 5.92 Å². The van der Waals surface area contributed by atoms with Crippen LogP contribution in [0.15, 0.2) is 48.5 Å². The number of hydrogen-bond donors (Lipinski definition) is 2. The van der Waals surface area contributed by atoms with Crippen molar-refractivity contribution in [3.63, 3.8) is 0 Å². The summed E-state index contributed by atoms with van der Waals surface area (Å²) >= 11 is 10.2. The third-order valence-corrected chi connectivity index (χ3v) is 7.30. The molecule has 0 saturated carbocycles.